The highest BCUT2D eigenvalue weighted by Crippen LogP contribution is 2.18. The number of hydrogen-bond donors (Lipinski definition) is 0. The van der Waals surface area contributed by atoms with E-state index in [1.54, 1.807) is 0 Å². The van der Waals surface area contributed by atoms with E-state index >= 15 is 0 Å². The number of rotatable bonds is 7. The van der Waals surface area contributed by atoms with E-state index in [1.165, 1.54) is 24.3 Å². The highest BCUT2D eigenvalue weighted by Gasteiger charge is 2.21. The second-order valence-corrected chi connectivity index (χ2v) is 6.73. The van der Waals surface area contributed by atoms with Gasteiger partial charge in [0.2, 0.25) is 0 Å². The summed E-state index contributed by atoms with van der Waals surface area (Å²) in [7, 11) is -2.60. The van der Waals surface area contributed by atoms with Gasteiger partial charge in [0, 0.05) is 11.5 Å². The number of ketones is 1. The summed E-state index contributed by atoms with van der Waals surface area (Å²) in [4.78, 5) is 23.3. The van der Waals surface area contributed by atoms with Gasteiger partial charge in [-0.2, -0.15) is 0 Å². The van der Waals surface area contributed by atoms with Gasteiger partial charge >= 0.3 is 5.97 Å². The molecule has 0 heterocycles. The molecule has 0 spiro atoms. The van der Waals surface area contributed by atoms with Crippen molar-refractivity contribution in [2.75, 3.05) is 12.9 Å². The summed E-state index contributed by atoms with van der Waals surface area (Å²) in [6, 6.07) is 5.69. The zero-order chi connectivity index (χ0) is 16.0. The summed E-state index contributed by atoms with van der Waals surface area (Å²) in [5.41, 5.74) is 0.487. The topological polar surface area (TPSA) is 77.5 Å². The molecule has 1 aromatic rings. The van der Waals surface area contributed by atoms with E-state index in [0.29, 0.717) is 5.56 Å². The van der Waals surface area contributed by atoms with Crippen molar-refractivity contribution >= 4 is 21.6 Å². The molecular weight excluding hydrogens is 292 g/mol. The molecule has 0 saturated heterocycles. The van der Waals surface area contributed by atoms with Crippen molar-refractivity contribution in [3.8, 4) is 0 Å². The number of esters is 1. The van der Waals surface area contributed by atoms with Gasteiger partial charge in [-0.05, 0) is 25.0 Å². The number of hydrogen-bond acceptors (Lipinski definition) is 5. The first-order valence-corrected chi connectivity index (χ1v) is 8.44. The molecule has 0 aliphatic heterocycles. The summed E-state index contributed by atoms with van der Waals surface area (Å²) < 4.78 is 28.2. The largest absolute Gasteiger partial charge is 0.468 e. The van der Waals surface area contributed by atoms with Gasteiger partial charge in [0.1, 0.15) is 0 Å². The monoisotopic (exact) mass is 312 g/mol. The fourth-order valence-corrected chi connectivity index (χ4v) is 3.16. The smallest absolute Gasteiger partial charge is 0.321 e. The highest BCUT2D eigenvalue weighted by molar-refractivity contribution is 7.92. The highest BCUT2D eigenvalue weighted by atomic mass is 32.2. The number of sulfone groups is 1. The molecule has 0 aromatic heterocycles. The van der Waals surface area contributed by atoms with Gasteiger partial charge in [0.05, 0.1) is 12.0 Å². The van der Waals surface area contributed by atoms with Gasteiger partial charge in [0.25, 0.3) is 0 Å². The lowest BCUT2D eigenvalue weighted by molar-refractivity contribution is -0.137. The Morgan fingerprint density at radius 3 is 2.05 bits per heavy atom. The maximum atomic E-state index is 12.2. The second kappa shape index (κ2) is 7.36. The van der Waals surface area contributed by atoms with Gasteiger partial charge in [-0.25, -0.2) is 8.42 Å². The third-order valence-electron chi connectivity index (χ3n) is 3.39. The summed E-state index contributed by atoms with van der Waals surface area (Å²) in [5.74, 6) is -1.56. The van der Waals surface area contributed by atoms with Crippen LogP contribution in [0.4, 0.5) is 0 Å². The fourth-order valence-electron chi connectivity index (χ4n) is 2.02. The van der Waals surface area contributed by atoms with E-state index in [0.717, 1.165) is 20.0 Å². The van der Waals surface area contributed by atoms with Crippen LogP contribution in [0.3, 0.4) is 0 Å². The Morgan fingerprint density at radius 1 is 1.10 bits per heavy atom. The van der Waals surface area contributed by atoms with Crippen LogP contribution in [-0.4, -0.2) is 33.0 Å². The normalized spacial score (nSPS) is 11.4. The Kier molecular flexibility index (Phi) is 6.08. The summed E-state index contributed by atoms with van der Waals surface area (Å²) in [6.45, 7) is 3.89. The number of carbonyl (C=O) groups is 2. The molecule has 21 heavy (non-hydrogen) atoms. The molecule has 0 unspecified atom stereocenters. The first kappa shape index (κ1) is 17.4. The molecule has 0 fully saturated rings. The van der Waals surface area contributed by atoms with Crippen LogP contribution in [0.1, 0.15) is 37.0 Å². The minimum Gasteiger partial charge on any atom is -0.468 e. The van der Waals surface area contributed by atoms with Crippen LogP contribution < -0.4 is 0 Å². The first-order valence-electron chi connectivity index (χ1n) is 6.79. The van der Waals surface area contributed by atoms with Crippen molar-refractivity contribution in [2.45, 2.75) is 31.6 Å². The van der Waals surface area contributed by atoms with Crippen molar-refractivity contribution in [3.63, 3.8) is 0 Å². The molecule has 116 valence electrons. The predicted molar refractivity (Wildman–Crippen MR) is 78.9 cm³/mol. The van der Waals surface area contributed by atoms with Gasteiger partial charge in [0.15, 0.2) is 21.4 Å². The van der Waals surface area contributed by atoms with E-state index in [-0.39, 0.29) is 16.6 Å². The predicted octanol–water partition coefficient (Wildman–Crippen LogP) is 2.25. The summed E-state index contributed by atoms with van der Waals surface area (Å²) in [5, 5.41) is 0. The lowest BCUT2D eigenvalue weighted by atomic mass is 9.93. The summed E-state index contributed by atoms with van der Waals surface area (Å²) in [6.07, 6.45) is 1.50. The molecule has 0 N–H and O–H groups in total. The van der Waals surface area contributed by atoms with Gasteiger partial charge < -0.3 is 4.74 Å². The zero-order valence-electron chi connectivity index (χ0n) is 12.5. The van der Waals surface area contributed by atoms with E-state index in [4.69, 9.17) is 0 Å². The Labute approximate surface area is 125 Å². The van der Waals surface area contributed by atoms with Crippen molar-refractivity contribution in [2.24, 2.45) is 5.92 Å². The fraction of sp³-hybridized carbons (Fsp3) is 0.467. The number of Topliss-reactive ketones (excluding diaryl/α,β-unsaturated/α-hetero) is 1. The SMILES string of the molecule is CCC(CC)C(=O)c1ccc(S(=O)(=O)CC(=O)OC)cc1. The Balaban J connectivity index is 2.97. The molecule has 0 saturated carbocycles. The van der Waals surface area contributed by atoms with Crippen LogP contribution in [0.25, 0.3) is 0 Å². The molecule has 0 radical (unpaired) electrons. The van der Waals surface area contributed by atoms with Crippen molar-refractivity contribution in [3.05, 3.63) is 29.8 Å². The average molecular weight is 312 g/mol. The van der Waals surface area contributed by atoms with E-state index in [1.807, 2.05) is 13.8 Å². The molecule has 0 atom stereocenters. The molecule has 1 aromatic carbocycles. The molecule has 5 nitrogen and oxygen atoms in total. The minimum atomic E-state index is -3.73. The number of benzene rings is 1. The number of carbonyl (C=O) groups excluding carboxylic acids is 2. The van der Waals surface area contributed by atoms with Crippen LogP contribution in [-0.2, 0) is 19.4 Å². The Hall–Kier alpha value is -1.69. The van der Waals surface area contributed by atoms with Crippen molar-refractivity contribution in [1.29, 1.82) is 0 Å². The molecule has 0 aliphatic carbocycles. The van der Waals surface area contributed by atoms with E-state index < -0.39 is 21.6 Å². The van der Waals surface area contributed by atoms with Gasteiger partial charge in [-0.15, -0.1) is 0 Å². The van der Waals surface area contributed by atoms with Crippen molar-refractivity contribution in [1.82, 2.24) is 0 Å². The number of ether oxygens (including phenoxy) is 1. The van der Waals surface area contributed by atoms with Gasteiger partial charge in [-0.1, -0.05) is 26.0 Å². The minimum absolute atomic E-state index is 0.00833. The van der Waals surface area contributed by atoms with Crippen LogP contribution in [0.5, 0.6) is 0 Å². The lowest BCUT2D eigenvalue weighted by Gasteiger charge is -2.11. The van der Waals surface area contributed by atoms with Crippen LogP contribution >= 0.6 is 0 Å². The van der Waals surface area contributed by atoms with E-state index in [9.17, 15) is 18.0 Å². The number of methoxy groups -OCH3 is 1. The summed E-state index contributed by atoms with van der Waals surface area (Å²) >= 11 is 0. The lowest BCUT2D eigenvalue weighted by Crippen LogP contribution is -2.18. The zero-order valence-corrected chi connectivity index (χ0v) is 13.3. The Morgan fingerprint density at radius 2 is 1.62 bits per heavy atom. The van der Waals surface area contributed by atoms with Gasteiger partial charge in [-0.3, -0.25) is 9.59 Å². The Bertz CT molecular complexity index is 597. The maximum Gasteiger partial charge on any atom is 0.321 e. The third-order valence-corrected chi connectivity index (χ3v) is 5.00. The average Bonchev–Trinajstić information content (AvgIpc) is 2.48. The molecule has 0 bridgehead atoms. The van der Waals surface area contributed by atoms with Crippen LogP contribution in [0.15, 0.2) is 29.2 Å². The van der Waals surface area contributed by atoms with E-state index in [2.05, 4.69) is 4.74 Å². The van der Waals surface area contributed by atoms with Crippen molar-refractivity contribution < 1.29 is 22.7 Å². The standard InChI is InChI=1S/C15H20O5S/c1-4-11(5-2)15(17)12-6-8-13(9-7-12)21(18,19)10-14(16)20-3/h6-9,11H,4-5,10H2,1-3H3. The molecule has 0 amide bonds. The molecule has 0 aliphatic rings. The quantitative estimate of drug-likeness (QED) is 0.570. The van der Waals surface area contributed by atoms with Crippen LogP contribution in [0.2, 0.25) is 0 Å². The molecular formula is C15H20O5S. The third kappa shape index (κ3) is 4.39. The van der Waals surface area contributed by atoms with Crippen LogP contribution in [0, 0.1) is 5.92 Å². The molecule has 6 heteroatoms. The maximum absolute atomic E-state index is 12.2. The second-order valence-electron chi connectivity index (χ2n) is 4.74. The first-order chi connectivity index (χ1) is 9.85. The molecule has 1 rings (SSSR count).